The van der Waals surface area contributed by atoms with Gasteiger partial charge in [-0.05, 0) is 12.0 Å². The molecule has 1 N–H and O–H groups in total. The molecule has 1 atom stereocenters. The van der Waals surface area contributed by atoms with E-state index in [1.54, 1.807) is 10.6 Å². The lowest BCUT2D eigenvalue weighted by Crippen LogP contribution is -2.25. The molecule has 1 unspecified atom stereocenters. The van der Waals surface area contributed by atoms with Crippen molar-refractivity contribution in [2.24, 2.45) is 5.92 Å². The number of rotatable bonds is 3. The largest absolute Gasteiger partial charge is 0.480 e. The molecular weight excluding hydrogens is 348 g/mol. The number of nitrogens with zero attached hydrogens (tertiary/aromatic N) is 2. The van der Waals surface area contributed by atoms with Crippen LogP contribution in [0.15, 0.2) is 23.1 Å². The molecule has 2 aromatic heterocycles. The zero-order chi connectivity index (χ0) is 18.3. The number of fused-ring (bicyclic) bond motifs is 3. The van der Waals surface area contributed by atoms with Crippen LogP contribution in [0.3, 0.4) is 0 Å². The van der Waals surface area contributed by atoms with Crippen LogP contribution in [0.25, 0.3) is 11.3 Å². The maximum atomic E-state index is 12.2. The van der Waals surface area contributed by atoms with Gasteiger partial charge in [0, 0.05) is 12.3 Å². The van der Waals surface area contributed by atoms with Crippen LogP contribution >= 0.6 is 11.6 Å². The van der Waals surface area contributed by atoms with E-state index in [0.29, 0.717) is 17.1 Å². The van der Waals surface area contributed by atoms with E-state index in [1.807, 2.05) is 13.8 Å². The lowest BCUT2D eigenvalue weighted by Gasteiger charge is -2.24. The Kier molecular flexibility index (Phi) is 4.43. The molecule has 132 valence electrons. The first kappa shape index (κ1) is 17.3. The predicted molar refractivity (Wildman–Crippen MR) is 91.8 cm³/mol. The average molecular weight is 365 g/mol. The van der Waals surface area contributed by atoms with Crippen molar-refractivity contribution in [3.63, 3.8) is 0 Å². The zero-order valence-corrected chi connectivity index (χ0v) is 14.7. The minimum Gasteiger partial charge on any atom is -0.480 e. The van der Waals surface area contributed by atoms with E-state index in [1.165, 1.54) is 19.4 Å². The lowest BCUT2D eigenvalue weighted by molar-refractivity contribution is 0.0694. The zero-order valence-electron chi connectivity index (χ0n) is 13.9. The monoisotopic (exact) mass is 364 g/mol. The first-order chi connectivity index (χ1) is 11.8. The number of aromatic nitrogens is 2. The van der Waals surface area contributed by atoms with Crippen molar-refractivity contribution >= 4 is 17.6 Å². The lowest BCUT2D eigenvalue weighted by atomic mass is 10.0. The van der Waals surface area contributed by atoms with Gasteiger partial charge >= 0.3 is 5.97 Å². The summed E-state index contributed by atoms with van der Waals surface area (Å²) in [5, 5.41) is 9.55. The Morgan fingerprint density at radius 1 is 1.48 bits per heavy atom. The first-order valence-corrected chi connectivity index (χ1v) is 8.08. The Labute approximate surface area is 148 Å². The number of carboxylic acid groups (broad SMARTS) is 1. The van der Waals surface area contributed by atoms with Gasteiger partial charge in [-0.15, -0.1) is 0 Å². The van der Waals surface area contributed by atoms with Crippen LogP contribution in [-0.4, -0.2) is 34.3 Å². The van der Waals surface area contributed by atoms with E-state index in [4.69, 9.17) is 21.1 Å². The van der Waals surface area contributed by atoms with Crippen molar-refractivity contribution < 1.29 is 19.4 Å². The first-order valence-electron chi connectivity index (χ1n) is 7.70. The van der Waals surface area contributed by atoms with Crippen LogP contribution in [0, 0.1) is 5.92 Å². The standard InChI is InChI=1S/C17H17ClN2O5/c1-8(2)13-7-25-15-9(4-11(18)16(19-15)24-3)12-5-14(21)10(17(22)23)6-20(12)13/h4-6,8,13H,7H2,1-3H3,(H,22,23). The van der Waals surface area contributed by atoms with Gasteiger partial charge in [-0.1, -0.05) is 25.4 Å². The molecule has 0 aliphatic carbocycles. The van der Waals surface area contributed by atoms with Crippen molar-refractivity contribution in [2.75, 3.05) is 13.7 Å². The Morgan fingerprint density at radius 2 is 2.20 bits per heavy atom. The van der Waals surface area contributed by atoms with Crippen LogP contribution < -0.4 is 14.9 Å². The van der Waals surface area contributed by atoms with Crippen molar-refractivity contribution in [3.05, 3.63) is 39.1 Å². The molecule has 1 aliphatic rings. The summed E-state index contributed by atoms with van der Waals surface area (Å²) in [5.74, 6) is -0.617. The minimum atomic E-state index is -1.26. The third-order valence-corrected chi connectivity index (χ3v) is 4.48. The summed E-state index contributed by atoms with van der Waals surface area (Å²) in [6, 6.07) is 2.72. The summed E-state index contributed by atoms with van der Waals surface area (Å²) in [4.78, 5) is 27.8. The van der Waals surface area contributed by atoms with Gasteiger partial charge in [0.25, 0.3) is 0 Å². The van der Waals surface area contributed by atoms with Gasteiger partial charge in [0.05, 0.1) is 24.4 Å². The molecule has 0 radical (unpaired) electrons. The van der Waals surface area contributed by atoms with Crippen molar-refractivity contribution in [1.29, 1.82) is 0 Å². The Bertz CT molecular complexity index is 907. The summed E-state index contributed by atoms with van der Waals surface area (Å²) in [6.45, 7) is 4.26. The van der Waals surface area contributed by atoms with Gasteiger partial charge in [0.2, 0.25) is 11.8 Å². The van der Waals surface area contributed by atoms with Crippen LogP contribution in [0.2, 0.25) is 5.02 Å². The fourth-order valence-electron chi connectivity index (χ4n) is 2.85. The number of methoxy groups -OCH3 is 1. The van der Waals surface area contributed by atoms with Crippen LogP contribution in [0.1, 0.15) is 30.2 Å². The molecule has 3 heterocycles. The number of pyridine rings is 2. The molecule has 0 amide bonds. The van der Waals surface area contributed by atoms with E-state index >= 15 is 0 Å². The SMILES string of the molecule is COc1nc2c(cc1Cl)-c1cc(=O)c(C(=O)O)cn1C(C(C)C)CO2. The summed E-state index contributed by atoms with van der Waals surface area (Å²) < 4.78 is 12.7. The molecule has 0 aromatic carbocycles. The fraction of sp³-hybridized carbons (Fsp3) is 0.353. The highest BCUT2D eigenvalue weighted by Gasteiger charge is 2.28. The second kappa shape index (κ2) is 6.40. The molecule has 0 bridgehead atoms. The summed E-state index contributed by atoms with van der Waals surface area (Å²) in [5.41, 5.74) is 0.160. The predicted octanol–water partition coefficient (Wildman–Crippen LogP) is 2.86. The van der Waals surface area contributed by atoms with E-state index in [0.717, 1.165) is 0 Å². The van der Waals surface area contributed by atoms with Crippen molar-refractivity contribution in [2.45, 2.75) is 19.9 Å². The second-order valence-corrected chi connectivity index (χ2v) is 6.51. The molecule has 0 saturated heterocycles. The van der Waals surface area contributed by atoms with Gasteiger partial charge in [-0.2, -0.15) is 4.98 Å². The number of hydrogen-bond donors (Lipinski definition) is 1. The van der Waals surface area contributed by atoms with Gasteiger partial charge < -0.3 is 19.1 Å². The Balaban J connectivity index is 2.33. The molecular formula is C17H17ClN2O5. The van der Waals surface area contributed by atoms with E-state index < -0.39 is 11.4 Å². The highest BCUT2D eigenvalue weighted by molar-refractivity contribution is 6.32. The molecule has 0 saturated carbocycles. The van der Waals surface area contributed by atoms with Crippen LogP contribution in [-0.2, 0) is 0 Å². The molecule has 8 heteroatoms. The average Bonchev–Trinajstić information content (AvgIpc) is 2.70. The number of carbonyl (C=O) groups is 1. The highest BCUT2D eigenvalue weighted by Crippen LogP contribution is 2.39. The summed E-state index contributed by atoms with van der Waals surface area (Å²) in [6.07, 6.45) is 1.36. The van der Waals surface area contributed by atoms with E-state index in [9.17, 15) is 14.7 Å². The van der Waals surface area contributed by atoms with Gasteiger partial charge in [0.1, 0.15) is 17.2 Å². The maximum Gasteiger partial charge on any atom is 0.341 e. The molecule has 2 aromatic rings. The van der Waals surface area contributed by atoms with Crippen molar-refractivity contribution in [3.8, 4) is 23.0 Å². The van der Waals surface area contributed by atoms with Crippen LogP contribution in [0.4, 0.5) is 0 Å². The quantitative estimate of drug-likeness (QED) is 0.900. The number of halogens is 1. The third-order valence-electron chi connectivity index (χ3n) is 4.21. The van der Waals surface area contributed by atoms with Gasteiger partial charge in [-0.3, -0.25) is 4.79 Å². The Hall–Kier alpha value is -2.54. The van der Waals surface area contributed by atoms with E-state index in [2.05, 4.69) is 4.98 Å². The maximum absolute atomic E-state index is 12.2. The molecule has 25 heavy (non-hydrogen) atoms. The summed E-state index contributed by atoms with van der Waals surface area (Å²) >= 11 is 6.18. The van der Waals surface area contributed by atoms with Gasteiger partial charge in [0.15, 0.2) is 5.43 Å². The molecule has 7 nitrogen and oxygen atoms in total. The van der Waals surface area contributed by atoms with Crippen LogP contribution in [0.5, 0.6) is 11.8 Å². The van der Waals surface area contributed by atoms with E-state index in [-0.39, 0.29) is 35.0 Å². The number of carboxylic acids is 1. The van der Waals surface area contributed by atoms with Gasteiger partial charge in [-0.25, -0.2) is 4.79 Å². The minimum absolute atomic E-state index is 0.134. The summed E-state index contributed by atoms with van der Waals surface area (Å²) in [7, 11) is 1.45. The van der Waals surface area contributed by atoms with Crippen molar-refractivity contribution in [1.82, 2.24) is 9.55 Å². The molecule has 0 spiro atoms. The smallest absolute Gasteiger partial charge is 0.341 e. The number of ether oxygens (including phenoxy) is 2. The third kappa shape index (κ3) is 2.95. The normalized spacial score (nSPS) is 15.8. The molecule has 0 fully saturated rings. The Morgan fingerprint density at radius 3 is 2.80 bits per heavy atom. The number of hydrogen-bond acceptors (Lipinski definition) is 5. The second-order valence-electron chi connectivity index (χ2n) is 6.10. The highest BCUT2D eigenvalue weighted by atomic mass is 35.5. The molecule has 3 rings (SSSR count). The molecule has 1 aliphatic heterocycles. The fourth-order valence-corrected chi connectivity index (χ4v) is 3.08. The topological polar surface area (TPSA) is 90.6 Å². The number of aromatic carboxylic acids is 1.